The molecular formula is C19H18O3S. The van der Waals surface area contributed by atoms with E-state index in [4.69, 9.17) is 13.9 Å². The molecule has 3 nitrogen and oxygen atoms in total. The Morgan fingerprint density at radius 3 is 2.30 bits per heavy atom. The molecule has 0 spiro atoms. The van der Waals surface area contributed by atoms with Crippen LogP contribution in [0.5, 0.6) is 11.7 Å². The molecule has 2 aromatic carbocycles. The maximum absolute atomic E-state index is 5.82. The lowest BCUT2D eigenvalue weighted by Gasteiger charge is -2.02. The molecule has 0 atom stereocenters. The highest BCUT2D eigenvalue weighted by Crippen LogP contribution is 2.36. The normalized spacial score (nSPS) is 10.5. The van der Waals surface area contributed by atoms with Gasteiger partial charge >= 0.3 is 0 Å². The molecule has 0 unspecified atom stereocenters. The Labute approximate surface area is 140 Å². The Morgan fingerprint density at radius 2 is 1.65 bits per heavy atom. The molecule has 0 aliphatic rings. The van der Waals surface area contributed by atoms with Gasteiger partial charge in [-0.2, -0.15) is 0 Å². The molecule has 0 aliphatic carbocycles. The summed E-state index contributed by atoms with van der Waals surface area (Å²) >= 11 is 1.74. The first-order valence-electron chi connectivity index (χ1n) is 7.29. The second-order valence-electron chi connectivity index (χ2n) is 4.95. The van der Waals surface area contributed by atoms with E-state index in [1.54, 1.807) is 26.0 Å². The molecule has 0 aliphatic heterocycles. The van der Waals surface area contributed by atoms with E-state index >= 15 is 0 Å². The van der Waals surface area contributed by atoms with E-state index in [9.17, 15) is 0 Å². The average molecular weight is 326 g/mol. The number of furan rings is 1. The van der Waals surface area contributed by atoms with Gasteiger partial charge in [-0.1, -0.05) is 30.3 Å². The van der Waals surface area contributed by atoms with Gasteiger partial charge in [0.1, 0.15) is 11.5 Å². The van der Waals surface area contributed by atoms with Crippen LogP contribution in [0.4, 0.5) is 0 Å². The number of hydrogen-bond donors (Lipinski definition) is 0. The highest BCUT2D eigenvalue weighted by Gasteiger charge is 2.14. The highest BCUT2D eigenvalue weighted by atomic mass is 32.2. The highest BCUT2D eigenvalue weighted by molar-refractivity contribution is 7.98. The molecule has 3 rings (SSSR count). The van der Waals surface area contributed by atoms with E-state index in [0.29, 0.717) is 5.95 Å². The lowest BCUT2D eigenvalue weighted by molar-refractivity contribution is 0.299. The number of thioether (sulfide) groups is 1. The van der Waals surface area contributed by atoms with Gasteiger partial charge in [0.2, 0.25) is 0 Å². The maximum atomic E-state index is 5.82. The average Bonchev–Trinajstić information content (AvgIpc) is 3.04. The van der Waals surface area contributed by atoms with E-state index in [1.165, 1.54) is 4.90 Å². The zero-order chi connectivity index (χ0) is 16.1. The fourth-order valence-corrected chi connectivity index (χ4v) is 3.09. The van der Waals surface area contributed by atoms with Crippen molar-refractivity contribution in [3.05, 3.63) is 66.4 Å². The first kappa shape index (κ1) is 15.6. The SMILES string of the molecule is COc1ccc(-c2cc(CSc3ccccc3)oc2OC)cc1. The van der Waals surface area contributed by atoms with Gasteiger partial charge in [0, 0.05) is 4.90 Å². The van der Waals surface area contributed by atoms with Crippen LogP contribution in [0.3, 0.4) is 0 Å². The van der Waals surface area contributed by atoms with E-state index in [0.717, 1.165) is 28.4 Å². The van der Waals surface area contributed by atoms with Crippen molar-refractivity contribution in [2.75, 3.05) is 14.2 Å². The van der Waals surface area contributed by atoms with Gasteiger partial charge in [-0.3, -0.25) is 0 Å². The minimum absolute atomic E-state index is 0.541. The fourth-order valence-electron chi connectivity index (χ4n) is 2.29. The summed E-state index contributed by atoms with van der Waals surface area (Å²) < 4.78 is 16.4. The topological polar surface area (TPSA) is 31.6 Å². The zero-order valence-corrected chi connectivity index (χ0v) is 13.9. The fraction of sp³-hybridized carbons (Fsp3) is 0.158. The van der Waals surface area contributed by atoms with Crippen LogP contribution in [0, 0.1) is 0 Å². The van der Waals surface area contributed by atoms with Gasteiger partial charge in [-0.05, 0) is 35.9 Å². The Bertz CT molecular complexity index is 748. The Morgan fingerprint density at radius 1 is 0.913 bits per heavy atom. The van der Waals surface area contributed by atoms with Crippen LogP contribution >= 0.6 is 11.8 Å². The lowest BCUT2D eigenvalue weighted by atomic mass is 10.1. The van der Waals surface area contributed by atoms with Gasteiger partial charge in [0.25, 0.3) is 5.95 Å². The molecule has 0 amide bonds. The Balaban J connectivity index is 1.79. The zero-order valence-electron chi connectivity index (χ0n) is 13.1. The van der Waals surface area contributed by atoms with Crippen LogP contribution in [-0.4, -0.2) is 14.2 Å². The van der Waals surface area contributed by atoms with Gasteiger partial charge in [-0.25, -0.2) is 0 Å². The van der Waals surface area contributed by atoms with E-state index in [2.05, 4.69) is 12.1 Å². The Hall–Kier alpha value is -2.33. The van der Waals surface area contributed by atoms with Gasteiger partial charge < -0.3 is 13.9 Å². The molecule has 0 saturated carbocycles. The molecule has 0 radical (unpaired) electrons. The number of hydrogen-bond acceptors (Lipinski definition) is 4. The summed E-state index contributed by atoms with van der Waals surface area (Å²) in [5, 5.41) is 0. The van der Waals surface area contributed by atoms with Crippen molar-refractivity contribution >= 4 is 11.8 Å². The van der Waals surface area contributed by atoms with Crippen LogP contribution in [-0.2, 0) is 5.75 Å². The molecule has 4 heteroatoms. The van der Waals surface area contributed by atoms with Crippen LogP contribution < -0.4 is 9.47 Å². The first-order chi connectivity index (χ1) is 11.3. The summed E-state index contributed by atoms with van der Waals surface area (Å²) in [5.74, 6) is 3.02. The predicted octanol–water partition coefficient (Wildman–Crippen LogP) is 5.26. The molecule has 23 heavy (non-hydrogen) atoms. The monoisotopic (exact) mass is 326 g/mol. The van der Waals surface area contributed by atoms with Crippen molar-refractivity contribution in [3.8, 4) is 22.8 Å². The summed E-state index contributed by atoms with van der Waals surface area (Å²) in [6, 6.07) is 20.2. The van der Waals surface area contributed by atoms with Crippen molar-refractivity contribution in [3.63, 3.8) is 0 Å². The van der Waals surface area contributed by atoms with Gasteiger partial charge in [0.15, 0.2) is 0 Å². The van der Waals surface area contributed by atoms with Gasteiger partial charge in [-0.15, -0.1) is 11.8 Å². The third-order valence-corrected chi connectivity index (χ3v) is 4.49. The molecule has 0 saturated heterocycles. The summed E-state index contributed by atoms with van der Waals surface area (Å²) in [6.07, 6.45) is 0. The molecule has 118 valence electrons. The molecule has 0 bridgehead atoms. The Kier molecular flexibility index (Phi) is 4.93. The number of ether oxygens (including phenoxy) is 2. The third kappa shape index (κ3) is 3.71. The molecule has 3 aromatic rings. The second kappa shape index (κ2) is 7.29. The largest absolute Gasteiger partial charge is 0.497 e. The first-order valence-corrected chi connectivity index (χ1v) is 8.27. The number of methoxy groups -OCH3 is 2. The van der Waals surface area contributed by atoms with Crippen LogP contribution in [0.15, 0.2) is 70.0 Å². The van der Waals surface area contributed by atoms with E-state index < -0.39 is 0 Å². The van der Waals surface area contributed by atoms with Crippen LogP contribution in [0.25, 0.3) is 11.1 Å². The van der Waals surface area contributed by atoms with Crippen LogP contribution in [0.1, 0.15) is 5.76 Å². The van der Waals surface area contributed by atoms with Crippen molar-refractivity contribution in [1.82, 2.24) is 0 Å². The van der Waals surface area contributed by atoms with Crippen molar-refractivity contribution in [1.29, 1.82) is 0 Å². The summed E-state index contributed by atoms with van der Waals surface area (Å²) in [4.78, 5) is 1.22. The van der Waals surface area contributed by atoms with Crippen molar-refractivity contribution < 1.29 is 13.9 Å². The van der Waals surface area contributed by atoms with Crippen molar-refractivity contribution in [2.24, 2.45) is 0 Å². The standard InChI is InChI=1S/C19H18O3S/c1-20-15-10-8-14(9-11-15)18-12-16(22-19(18)21-2)13-23-17-6-4-3-5-7-17/h3-12H,13H2,1-2H3. The van der Waals surface area contributed by atoms with Crippen LogP contribution in [0.2, 0.25) is 0 Å². The van der Waals surface area contributed by atoms with E-state index in [-0.39, 0.29) is 0 Å². The molecule has 0 N–H and O–H groups in total. The summed E-state index contributed by atoms with van der Waals surface area (Å²) in [5.41, 5.74) is 2.00. The molecule has 1 heterocycles. The molecule has 1 aromatic heterocycles. The minimum atomic E-state index is 0.541. The lowest BCUT2D eigenvalue weighted by Crippen LogP contribution is -1.84. The molecular weight excluding hydrogens is 308 g/mol. The number of rotatable bonds is 6. The molecule has 0 fully saturated rings. The van der Waals surface area contributed by atoms with E-state index in [1.807, 2.05) is 48.5 Å². The summed E-state index contributed by atoms with van der Waals surface area (Å²) in [7, 11) is 3.28. The third-order valence-electron chi connectivity index (χ3n) is 3.46. The quantitative estimate of drug-likeness (QED) is 0.579. The minimum Gasteiger partial charge on any atom is -0.497 e. The maximum Gasteiger partial charge on any atom is 0.292 e. The van der Waals surface area contributed by atoms with Gasteiger partial charge in [0.05, 0.1) is 25.5 Å². The van der Waals surface area contributed by atoms with Crippen molar-refractivity contribution in [2.45, 2.75) is 10.6 Å². The number of benzene rings is 2. The second-order valence-corrected chi connectivity index (χ2v) is 6.00. The predicted molar refractivity (Wildman–Crippen MR) is 93.3 cm³/mol. The smallest absolute Gasteiger partial charge is 0.292 e. The summed E-state index contributed by atoms with van der Waals surface area (Å²) in [6.45, 7) is 0.